The van der Waals surface area contributed by atoms with Crippen LogP contribution >= 0.6 is 23.2 Å². The molecule has 0 fully saturated rings. The molecule has 3 heterocycles. The first-order chi connectivity index (χ1) is 19.2. The van der Waals surface area contributed by atoms with Gasteiger partial charge in [-0.2, -0.15) is 5.10 Å². The number of hydrogen-bond acceptors (Lipinski definition) is 4. The first-order valence-corrected chi connectivity index (χ1v) is 11.6. The summed E-state index contributed by atoms with van der Waals surface area (Å²) in [5.41, 5.74) is 2.19. The molecule has 0 radical (unpaired) electrons. The molecule has 180 valence electrons. The Labute approximate surface area is 237 Å². The normalized spacial score (nSPS) is 8.77. The molecule has 4 rings (SSSR count). The van der Waals surface area contributed by atoms with E-state index in [4.69, 9.17) is 34.4 Å². The number of ether oxygens (including phenoxy) is 1. The number of rotatable bonds is 1. The number of aromatic nitrogens is 4. The Morgan fingerprint density at radius 2 is 1.41 bits per heavy atom. The Kier molecular flexibility index (Phi) is 10.9. The van der Waals surface area contributed by atoms with Crippen LogP contribution in [0.4, 0.5) is 0 Å². The molecule has 0 unspecified atom stereocenters. The fourth-order valence-electron chi connectivity index (χ4n) is 2.92. The Morgan fingerprint density at radius 1 is 0.821 bits per heavy atom. The van der Waals surface area contributed by atoms with Crippen LogP contribution in [0.25, 0.3) is 22.3 Å². The van der Waals surface area contributed by atoms with Crippen LogP contribution in [-0.4, -0.2) is 26.4 Å². The fraction of sp³-hybridized carbons (Fsp3) is 0.0938. The second-order valence-electron chi connectivity index (χ2n) is 6.68. The lowest BCUT2D eigenvalue weighted by molar-refractivity contribution is 0.278. The molecule has 7 heteroatoms. The van der Waals surface area contributed by atoms with Gasteiger partial charge in [0.25, 0.3) is 0 Å². The number of terminal acetylenes is 1. The van der Waals surface area contributed by atoms with Crippen LogP contribution in [0.3, 0.4) is 0 Å². The van der Waals surface area contributed by atoms with E-state index in [0.717, 1.165) is 16.7 Å². The molecule has 0 bridgehead atoms. The van der Waals surface area contributed by atoms with Gasteiger partial charge in [-0.15, -0.1) is 6.42 Å². The minimum atomic E-state index is 0.148. The van der Waals surface area contributed by atoms with E-state index in [1.165, 1.54) is 6.20 Å². The monoisotopic (exact) mass is 538 g/mol. The van der Waals surface area contributed by atoms with Crippen LogP contribution in [0, 0.1) is 107 Å². The summed E-state index contributed by atoms with van der Waals surface area (Å²) in [6.45, 7) is 3.00. The Hall–Kier alpha value is -5.81. The van der Waals surface area contributed by atoms with Gasteiger partial charge in [-0.1, -0.05) is 29.7 Å². The van der Waals surface area contributed by atoms with Gasteiger partial charge in [0, 0.05) is 5.39 Å². The molecule has 1 aromatic carbocycles. The summed E-state index contributed by atoms with van der Waals surface area (Å²) in [5.74, 6) is 42.7. The molecule has 0 amide bonds. The van der Waals surface area contributed by atoms with E-state index in [0.29, 0.717) is 29.6 Å². The summed E-state index contributed by atoms with van der Waals surface area (Å²) in [4.78, 5) is 8.06. The second kappa shape index (κ2) is 15.3. The lowest BCUT2D eigenvalue weighted by atomic mass is 10.1. The van der Waals surface area contributed by atoms with Gasteiger partial charge in [0.05, 0.1) is 17.8 Å². The molecule has 0 atom stereocenters. The van der Waals surface area contributed by atoms with Gasteiger partial charge < -0.3 is 4.74 Å². The molecular formula is C32H12Cl2N4O. The van der Waals surface area contributed by atoms with Crippen molar-refractivity contribution < 1.29 is 4.74 Å². The molecule has 39 heavy (non-hydrogen) atoms. The van der Waals surface area contributed by atoms with Crippen molar-refractivity contribution in [2.24, 2.45) is 0 Å². The molecule has 0 saturated heterocycles. The van der Waals surface area contributed by atoms with Crippen molar-refractivity contribution >= 4 is 34.1 Å². The second-order valence-corrected chi connectivity index (χ2v) is 7.42. The SMILES string of the molecule is C#CC#CC#CC#CC#CC#CC#CC#CC#CC.Clc1ncc(Cl)c(-c2nn3c4c(cccc24)OCC3)n1. The zero-order valence-electron chi connectivity index (χ0n) is 20.3. The van der Waals surface area contributed by atoms with Crippen LogP contribution in [0.15, 0.2) is 24.4 Å². The van der Waals surface area contributed by atoms with E-state index in [9.17, 15) is 0 Å². The third-order valence-electron chi connectivity index (χ3n) is 4.30. The van der Waals surface area contributed by atoms with Crippen LogP contribution in [0.2, 0.25) is 10.3 Å². The largest absolute Gasteiger partial charge is 0.489 e. The highest BCUT2D eigenvalue weighted by atomic mass is 35.5. The molecule has 0 aliphatic carbocycles. The quantitative estimate of drug-likeness (QED) is 0.348. The lowest BCUT2D eigenvalue weighted by Gasteiger charge is -2.14. The molecule has 5 nitrogen and oxygen atoms in total. The van der Waals surface area contributed by atoms with E-state index in [1.54, 1.807) is 6.92 Å². The first-order valence-electron chi connectivity index (χ1n) is 10.8. The maximum Gasteiger partial charge on any atom is 0.223 e. The molecule has 1 aliphatic heterocycles. The van der Waals surface area contributed by atoms with Gasteiger partial charge in [0.2, 0.25) is 5.28 Å². The predicted octanol–water partition coefficient (Wildman–Crippen LogP) is 3.86. The summed E-state index contributed by atoms with van der Waals surface area (Å²) in [7, 11) is 0. The van der Waals surface area contributed by atoms with Crippen molar-refractivity contribution in [3.05, 3.63) is 34.7 Å². The highest BCUT2D eigenvalue weighted by molar-refractivity contribution is 6.34. The first kappa shape index (κ1) is 27.8. The molecule has 0 N–H and O–H groups in total. The van der Waals surface area contributed by atoms with Crippen molar-refractivity contribution in [3.8, 4) is 124 Å². The standard InChI is InChI=1S/C19H4.C13H8Cl2N4O/c1-3-5-7-9-11-13-15-17-19-18-16-14-12-10-8-6-4-2;14-8-6-16-13(15)17-11(8)10-7-2-1-3-9-12(7)19(18-10)4-5-20-9/h1H,2H3;1-3,6H,4-5H2. The molecular weight excluding hydrogens is 527 g/mol. The van der Waals surface area contributed by atoms with Crippen molar-refractivity contribution in [1.29, 1.82) is 0 Å². The van der Waals surface area contributed by atoms with Crippen molar-refractivity contribution in [3.63, 3.8) is 0 Å². The zero-order chi connectivity index (χ0) is 27.7. The third kappa shape index (κ3) is 8.37. The van der Waals surface area contributed by atoms with Crippen LogP contribution in [0.1, 0.15) is 6.92 Å². The average Bonchev–Trinajstić information content (AvgIpc) is 3.33. The number of halogens is 2. The number of hydrogen-bond donors (Lipinski definition) is 0. The van der Waals surface area contributed by atoms with Gasteiger partial charge in [-0.25, -0.2) is 9.97 Å². The third-order valence-corrected chi connectivity index (χ3v) is 4.76. The molecule has 0 saturated carbocycles. The minimum Gasteiger partial charge on any atom is -0.489 e. The molecule has 0 spiro atoms. The maximum atomic E-state index is 6.17. The van der Waals surface area contributed by atoms with Crippen molar-refractivity contribution in [2.45, 2.75) is 13.5 Å². The Morgan fingerprint density at radius 3 is 2.00 bits per heavy atom. The van der Waals surface area contributed by atoms with Gasteiger partial charge in [-0.3, -0.25) is 4.68 Å². The van der Waals surface area contributed by atoms with E-state index >= 15 is 0 Å². The Bertz CT molecular complexity index is 1990. The predicted molar refractivity (Wildman–Crippen MR) is 153 cm³/mol. The van der Waals surface area contributed by atoms with Crippen molar-refractivity contribution in [2.75, 3.05) is 6.61 Å². The van der Waals surface area contributed by atoms with Gasteiger partial charge >= 0.3 is 0 Å². The van der Waals surface area contributed by atoms with E-state index in [2.05, 4.69) is 116 Å². The average molecular weight is 539 g/mol. The van der Waals surface area contributed by atoms with Gasteiger partial charge in [-0.05, 0) is 119 Å². The van der Waals surface area contributed by atoms with Gasteiger partial charge in [0.15, 0.2) is 0 Å². The minimum absolute atomic E-state index is 0.148. The number of nitrogens with zero attached hydrogens (tertiary/aromatic N) is 4. The number of benzene rings is 1. The number of para-hydroxylation sites is 1. The van der Waals surface area contributed by atoms with Crippen LogP contribution < -0.4 is 4.74 Å². The smallest absolute Gasteiger partial charge is 0.223 e. The van der Waals surface area contributed by atoms with Crippen LogP contribution in [0.5, 0.6) is 5.75 Å². The lowest BCUT2D eigenvalue weighted by Crippen LogP contribution is -2.14. The summed E-state index contributed by atoms with van der Waals surface area (Å²) < 4.78 is 7.56. The van der Waals surface area contributed by atoms with Gasteiger partial charge in [0.1, 0.15) is 29.3 Å². The summed E-state index contributed by atoms with van der Waals surface area (Å²) in [6.07, 6.45) is 6.38. The summed E-state index contributed by atoms with van der Waals surface area (Å²) in [6, 6.07) is 5.83. The summed E-state index contributed by atoms with van der Waals surface area (Å²) >= 11 is 12.0. The molecule has 3 aromatic rings. The van der Waals surface area contributed by atoms with E-state index < -0.39 is 0 Å². The summed E-state index contributed by atoms with van der Waals surface area (Å²) in [5, 5.41) is 6.11. The fourth-order valence-corrected chi connectivity index (χ4v) is 3.23. The van der Waals surface area contributed by atoms with Crippen molar-refractivity contribution in [1.82, 2.24) is 19.7 Å². The van der Waals surface area contributed by atoms with Crippen LogP contribution in [-0.2, 0) is 6.54 Å². The molecule has 1 aliphatic rings. The van der Waals surface area contributed by atoms with E-state index in [1.807, 2.05) is 22.9 Å². The highest BCUT2D eigenvalue weighted by Crippen LogP contribution is 2.36. The molecule has 2 aromatic heterocycles. The van der Waals surface area contributed by atoms with E-state index in [-0.39, 0.29) is 5.28 Å². The zero-order valence-corrected chi connectivity index (χ0v) is 21.8. The maximum absolute atomic E-state index is 6.17. The topological polar surface area (TPSA) is 52.8 Å². The Balaban J connectivity index is 0.000000216. The highest BCUT2D eigenvalue weighted by Gasteiger charge is 2.21.